The lowest BCUT2D eigenvalue weighted by molar-refractivity contribution is -0.147. The molecular formula is C19H21NO4S2. The number of amides is 1. The van der Waals surface area contributed by atoms with Gasteiger partial charge in [0.2, 0.25) is 0 Å². The zero-order valence-electron chi connectivity index (χ0n) is 14.7. The molecule has 0 unspecified atom stereocenters. The van der Waals surface area contributed by atoms with Gasteiger partial charge in [0.15, 0.2) is 0 Å². The van der Waals surface area contributed by atoms with Crippen molar-refractivity contribution < 1.29 is 19.4 Å². The monoisotopic (exact) mass is 391 g/mol. The van der Waals surface area contributed by atoms with Crippen LogP contribution in [0.4, 0.5) is 0 Å². The van der Waals surface area contributed by atoms with Crippen molar-refractivity contribution in [2.75, 3.05) is 6.61 Å². The minimum absolute atomic E-state index is 0.198. The lowest BCUT2D eigenvalue weighted by atomic mass is 9.98. The molecule has 0 saturated carbocycles. The minimum atomic E-state index is -1.04. The first kappa shape index (κ1) is 20.2. The van der Waals surface area contributed by atoms with Crippen LogP contribution in [-0.4, -0.2) is 38.9 Å². The predicted molar refractivity (Wildman–Crippen MR) is 108 cm³/mol. The van der Waals surface area contributed by atoms with E-state index < -0.39 is 12.0 Å². The quantitative estimate of drug-likeness (QED) is 0.411. The van der Waals surface area contributed by atoms with E-state index in [1.165, 1.54) is 4.90 Å². The highest BCUT2D eigenvalue weighted by Crippen LogP contribution is 2.36. The molecule has 7 heteroatoms. The lowest BCUT2D eigenvalue weighted by Crippen LogP contribution is -2.47. The number of carboxylic acid groups (broad SMARTS) is 1. The number of thiocarbonyl (C=S) groups is 1. The van der Waals surface area contributed by atoms with Crippen molar-refractivity contribution in [3.8, 4) is 5.75 Å². The molecule has 2 atom stereocenters. The van der Waals surface area contributed by atoms with Gasteiger partial charge in [0.05, 0.1) is 4.91 Å². The Labute approximate surface area is 162 Å². The van der Waals surface area contributed by atoms with E-state index in [0.29, 0.717) is 23.7 Å². The van der Waals surface area contributed by atoms with Gasteiger partial charge in [0.25, 0.3) is 5.91 Å². The number of ether oxygens (including phenoxy) is 1. The lowest BCUT2D eigenvalue weighted by Gasteiger charge is -2.27. The van der Waals surface area contributed by atoms with E-state index in [-0.39, 0.29) is 16.1 Å². The summed E-state index contributed by atoms with van der Waals surface area (Å²) < 4.78 is 5.70. The van der Waals surface area contributed by atoms with Crippen molar-refractivity contribution in [2.45, 2.75) is 26.3 Å². The molecule has 138 valence electrons. The summed E-state index contributed by atoms with van der Waals surface area (Å²) in [6.45, 7) is 7.72. The van der Waals surface area contributed by atoms with E-state index in [9.17, 15) is 14.7 Å². The third kappa shape index (κ3) is 4.53. The Morgan fingerprint density at radius 2 is 2.08 bits per heavy atom. The van der Waals surface area contributed by atoms with Gasteiger partial charge in [-0.25, -0.2) is 4.79 Å². The molecule has 1 aromatic rings. The first-order valence-corrected chi connectivity index (χ1v) is 9.45. The molecule has 0 aliphatic carbocycles. The van der Waals surface area contributed by atoms with Crippen molar-refractivity contribution in [1.82, 2.24) is 4.90 Å². The van der Waals surface area contributed by atoms with Crippen LogP contribution in [0.5, 0.6) is 5.75 Å². The molecule has 1 aliphatic heterocycles. The Balaban J connectivity index is 2.23. The predicted octanol–water partition coefficient (Wildman–Crippen LogP) is 3.95. The fourth-order valence-electron chi connectivity index (χ4n) is 2.52. The smallest absolute Gasteiger partial charge is 0.327 e. The van der Waals surface area contributed by atoms with Crippen LogP contribution < -0.4 is 4.74 Å². The summed E-state index contributed by atoms with van der Waals surface area (Å²) in [6.07, 6.45) is 4.01. The van der Waals surface area contributed by atoms with Crippen molar-refractivity contribution >= 4 is 46.3 Å². The second-order valence-corrected chi connectivity index (χ2v) is 7.56. The summed E-state index contributed by atoms with van der Waals surface area (Å²) in [4.78, 5) is 26.1. The van der Waals surface area contributed by atoms with Crippen LogP contribution in [0.25, 0.3) is 6.08 Å². The Kier molecular flexibility index (Phi) is 6.99. The fourth-order valence-corrected chi connectivity index (χ4v) is 3.85. The Hall–Kier alpha value is -2.12. The summed E-state index contributed by atoms with van der Waals surface area (Å²) in [5, 5.41) is 9.54. The molecule has 0 radical (unpaired) electrons. The first-order chi connectivity index (χ1) is 12.4. The van der Waals surface area contributed by atoms with Crippen LogP contribution >= 0.6 is 24.0 Å². The zero-order valence-corrected chi connectivity index (χ0v) is 16.3. The van der Waals surface area contributed by atoms with E-state index in [1.54, 1.807) is 24.3 Å². The normalized spacial score (nSPS) is 18.1. The maximum Gasteiger partial charge on any atom is 0.327 e. The highest BCUT2D eigenvalue weighted by atomic mass is 32.2. The van der Waals surface area contributed by atoms with E-state index in [1.807, 2.05) is 26.0 Å². The highest BCUT2D eigenvalue weighted by molar-refractivity contribution is 8.26. The van der Waals surface area contributed by atoms with Gasteiger partial charge in [-0.1, -0.05) is 69.0 Å². The van der Waals surface area contributed by atoms with Crippen LogP contribution in [-0.2, 0) is 9.59 Å². The molecule has 0 aromatic heterocycles. The largest absolute Gasteiger partial charge is 0.490 e. The SMILES string of the molecule is C=CCOc1ccc(/C=C2\SC(=S)N([C@H](C(=O)O)[C@@H](C)CC)C2=O)cc1. The average Bonchev–Trinajstić information content (AvgIpc) is 2.88. The second kappa shape index (κ2) is 9.00. The van der Waals surface area contributed by atoms with Crippen molar-refractivity contribution in [2.24, 2.45) is 5.92 Å². The van der Waals surface area contributed by atoms with E-state index >= 15 is 0 Å². The van der Waals surface area contributed by atoms with Gasteiger partial charge < -0.3 is 9.84 Å². The number of carbonyl (C=O) groups excluding carboxylic acids is 1. The maximum atomic E-state index is 12.7. The van der Waals surface area contributed by atoms with Gasteiger partial charge in [0, 0.05) is 0 Å². The molecule has 1 saturated heterocycles. The number of nitrogens with zero attached hydrogens (tertiary/aromatic N) is 1. The molecule has 1 amide bonds. The van der Waals surface area contributed by atoms with Crippen molar-refractivity contribution in [1.29, 1.82) is 0 Å². The van der Waals surface area contributed by atoms with E-state index in [2.05, 4.69) is 6.58 Å². The van der Waals surface area contributed by atoms with Crippen LogP contribution in [0.3, 0.4) is 0 Å². The van der Waals surface area contributed by atoms with Crippen LogP contribution in [0.15, 0.2) is 41.8 Å². The number of thioether (sulfide) groups is 1. The minimum Gasteiger partial charge on any atom is -0.490 e. The average molecular weight is 392 g/mol. The summed E-state index contributed by atoms with van der Waals surface area (Å²) >= 11 is 6.41. The molecule has 2 rings (SSSR count). The number of aliphatic carboxylic acids is 1. The highest BCUT2D eigenvalue weighted by Gasteiger charge is 2.42. The van der Waals surface area contributed by atoms with Gasteiger partial charge in [-0.05, 0) is 29.7 Å². The van der Waals surface area contributed by atoms with Crippen LogP contribution in [0, 0.1) is 5.92 Å². The number of carbonyl (C=O) groups is 2. The van der Waals surface area contributed by atoms with Gasteiger partial charge >= 0.3 is 5.97 Å². The topological polar surface area (TPSA) is 66.8 Å². The van der Waals surface area contributed by atoms with E-state index in [4.69, 9.17) is 17.0 Å². The molecule has 1 N–H and O–H groups in total. The summed E-state index contributed by atoms with van der Waals surface area (Å²) in [5.74, 6) is -0.895. The molecule has 1 heterocycles. The number of carboxylic acids is 1. The molecule has 0 spiro atoms. The molecule has 1 fully saturated rings. The molecular weight excluding hydrogens is 370 g/mol. The number of rotatable bonds is 8. The Bertz CT molecular complexity index is 742. The fraction of sp³-hybridized carbons (Fsp3) is 0.316. The maximum absolute atomic E-state index is 12.7. The van der Waals surface area contributed by atoms with E-state index in [0.717, 1.165) is 17.3 Å². The van der Waals surface area contributed by atoms with Gasteiger partial charge in [0.1, 0.15) is 22.7 Å². The van der Waals surface area contributed by atoms with Gasteiger partial charge in [-0.2, -0.15) is 0 Å². The molecule has 26 heavy (non-hydrogen) atoms. The standard InChI is InChI=1S/C19H21NO4S2/c1-4-10-24-14-8-6-13(7-9-14)11-15-17(21)20(19(25)26-15)16(18(22)23)12(3)5-2/h4,6-9,11-12,16H,1,5,10H2,2-3H3,(H,22,23)/b15-11-/t12-,16-/m0/s1. The second-order valence-electron chi connectivity index (χ2n) is 5.89. The summed E-state index contributed by atoms with van der Waals surface area (Å²) in [5.41, 5.74) is 0.812. The van der Waals surface area contributed by atoms with Crippen LogP contribution in [0.1, 0.15) is 25.8 Å². The number of benzene rings is 1. The Morgan fingerprint density at radius 1 is 1.42 bits per heavy atom. The molecule has 5 nitrogen and oxygen atoms in total. The van der Waals surface area contributed by atoms with Gasteiger partial charge in [-0.15, -0.1) is 0 Å². The molecule has 1 aliphatic rings. The first-order valence-electron chi connectivity index (χ1n) is 8.22. The number of hydrogen-bond acceptors (Lipinski definition) is 5. The summed E-state index contributed by atoms with van der Waals surface area (Å²) in [7, 11) is 0. The number of hydrogen-bond donors (Lipinski definition) is 1. The van der Waals surface area contributed by atoms with Crippen LogP contribution in [0.2, 0.25) is 0 Å². The third-order valence-electron chi connectivity index (χ3n) is 4.08. The zero-order chi connectivity index (χ0) is 19.3. The molecule has 0 bridgehead atoms. The van der Waals surface area contributed by atoms with Gasteiger partial charge in [-0.3, -0.25) is 9.69 Å². The van der Waals surface area contributed by atoms with Crippen molar-refractivity contribution in [3.63, 3.8) is 0 Å². The van der Waals surface area contributed by atoms with Crippen molar-refractivity contribution in [3.05, 3.63) is 47.4 Å². The Morgan fingerprint density at radius 3 is 2.62 bits per heavy atom. The summed E-state index contributed by atoms with van der Waals surface area (Å²) in [6, 6.07) is 6.31. The molecule has 1 aromatic carbocycles. The third-order valence-corrected chi connectivity index (χ3v) is 5.41.